The van der Waals surface area contributed by atoms with Crippen LogP contribution in [-0.2, 0) is 0 Å². The summed E-state index contributed by atoms with van der Waals surface area (Å²) >= 11 is 0. The molecule has 0 aromatic heterocycles. The quantitative estimate of drug-likeness (QED) is 0.688. The van der Waals surface area contributed by atoms with Gasteiger partial charge in [0.1, 0.15) is 0 Å². The molecular weight excluding hydrogens is 248 g/mol. The molecule has 1 amide bonds. The molecule has 6 nitrogen and oxygen atoms in total. The van der Waals surface area contributed by atoms with Crippen LogP contribution < -0.4 is 20.5 Å². The van der Waals surface area contributed by atoms with Crippen LogP contribution in [0.5, 0.6) is 11.5 Å². The van der Waals surface area contributed by atoms with Gasteiger partial charge in [-0.25, -0.2) is 0 Å². The van der Waals surface area contributed by atoms with Gasteiger partial charge in [-0.05, 0) is 18.9 Å². The highest BCUT2D eigenvalue weighted by molar-refractivity contribution is 6.00. The lowest BCUT2D eigenvalue weighted by molar-refractivity contribution is 0.0929. The first-order valence-electron chi connectivity index (χ1n) is 6.26. The molecule has 1 aliphatic rings. The van der Waals surface area contributed by atoms with Crippen LogP contribution in [0.2, 0.25) is 0 Å². The molecule has 1 aliphatic heterocycles. The molecule has 0 radical (unpaired) electrons. The molecule has 0 spiro atoms. The lowest BCUT2D eigenvalue weighted by Crippen LogP contribution is -2.35. The third-order valence-corrected chi connectivity index (χ3v) is 3.09. The van der Waals surface area contributed by atoms with Crippen LogP contribution >= 0.6 is 0 Å². The smallest absolute Gasteiger partial charge is 0.253 e. The Bertz CT molecular complexity index is 476. The number of nitrogens with one attached hydrogen (secondary N) is 1. The minimum absolute atomic E-state index is 0.0371. The van der Waals surface area contributed by atoms with Gasteiger partial charge in [-0.1, -0.05) is 6.92 Å². The Morgan fingerprint density at radius 1 is 1.47 bits per heavy atom. The number of anilines is 1. The molecule has 6 heteroatoms. The maximum absolute atomic E-state index is 12.1. The first-order valence-corrected chi connectivity index (χ1v) is 6.26. The van der Waals surface area contributed by atoms with Gasteiger partial charge in [-0.15, -0.1) is 0 Å². The largest absolute Gasteiger partial charge is 0.454 e. The zero-order chi connectivity index (χ0) is 13.8. The van der Waals surface area contributed by atoms with Gasteiger partial charge in [0.05, 0.1) is 5.56 Å². The van der Waals surface area contributed by atoms with Crippen molar-refractivity contribution in [2.45, 2.75) is 25.8 Å². The molecule has 0 fully saturated rings. The Kier molecular flexibility index (Phi) is 4.11. The zero-order valence-electron chi connectivity index (χ0n) is 10.8. The second-order valence-corrected chi connectivity index (χ2v) is 4.38. The molecule has 0 aliphatic carbocycles. The van der Waals surface area contributed by atoms with Gasteiger partial charge in [0.25, 0.3) is 5.91 Å². The van der Waals surface area contributed by atoms with Crippen molar-refractivity contribution in [1.29, 1.82) is 0 Å². The highest BCUT2D eigenvalue weighted by atomic mass is 16.7. The lowest BCUT2D eigenvalue weighted by atomic mass is 10.1. The van der Waals surface area contributed by atoms with E-state index in [1.165, 1.54) is 0 Å². The van der Waals surface area contributed by atoms with Gasteiger partial charge in [-0.3, -0.25) is 4.79 Å². The predicted molar refractivity (Wildman–Crippen MR) is 70.2 cm³/mol. The van der Waals surface area contributed by atoms with Gasteiger partial charge in [0.15, 0.2) is 11.5 Å². The molecule has 0 saturated carbocycles. The topological polar surface area (TPSA) is 93.8 Å². The maximum Gasteiger partial charge on any atom is 0.253 e. The van der Waals surface area contributed by atoms with Crippen LogP contribution in [0.15, 0.2) is 12.1 Å². The molecule has 1 unspecified atom stereocenters. The number of ether oxygens (including phenoxy) is 2. The second-order valence-electron chi connectivity index (χ2n) is 4.38. The van der Waals surface area contributed by atoms with Crippen molar-refractivity contribution in [3.63, 3.8) is 0 Å². The number of carbonyl (C=O) groups excluding carboxylic acids is 1. The van der Waals surface area contributed by atoms with Crippen LogP contribution in [0.3, 0.4) is 0 Å². The summed E-state index contributed by atoms with van der Waals surface area (Å²) in [4.78, 5) is 12.1. The van der Waals surface area contributed by atoms with E-state index in [-0.39, 0.29) is 25.3 Å². The van der Waals surface area contributed by atoms with E-state index in [4.69, 9.17) is 20.3 Å². The Morgan fingerprint density at radius 2 is 2.16 bits per heavy atom. The molecular formula is C13H18N2O4. The van der Waals surface area contributed by atoms with E-state index >= 15 is 0 Å². The lowest BCUT2D eigenvalue weighted by Gasteiger charge is -2.16. The highest BCUT2D eigenvalue weighted by Gasteiger charge is 2.20. The van der Waals surface area contributed by atoms with E-state index in [0.717, 1.165) is 6.42 Å². The monoisotopic (exact) mass is 266 g/mol. The third-order valence-electron chi connectivity index (χ3n) is 3.09. The third kappa shape index (κ3) is 2.90. The van der Waals surface area contributed by atoms with E-state index in [2.05, 4.69) is 5.32 Å². The van der Waals surface area contributed by atoms with Crippen LogP contribution in [0.4, 0.5) is 5.69 Å². The van der Waals surface area contributed by atoms with Gasteiger partial charge >= 0.3 is 0 Å². The Balaban J connectivity index is 2.15. The van der Waals surface area contributed by atoms with Crippen molar-refractivity contribution < 1.29 is 19.4 Å². The van der Waals surface area contributed by atoms with E-state index in [9.17, 15) is 4.79 Å². The summed E-state index contributed by atoms with van der Waals surface area (Å²) in [6.45, 7) is 2.13. The number of aliphatic hydroxyl groups excluding tert-OH is 1. The number of nitrogen functional groups attached to an aromatic ring is 1. The van der Waals surface area contributed by atoms with Gasteiger partial charge in [-0.2, -0.15) is 0 Å². The summed E-state index contributed by atoms with van der Waals surface area (Å²) in [5.41, 5.74) is 6.55. The SMILES string of the molecule is CCC(CCO)NC(=O)c1cc2c(cc1N)OCO2. The first-order chi connectivity index (χ1) is 9.15. The summed E-state index contributed by atoms with van der Waals surface area (Å²) in [7, 11) is 0. The number of rotatable bonds is 5. The van der Waals surface area contributed by atoms with Crippen molar-refractivity contribution in [1.82, 2.24) is 5.32 Å². The van der Waals surface area contributed by atoms with Crippen LogP contribution in [0.25, 0.3) is 0 Å². The normalized spacial score (nSPS) is 14.2. The standard InChI is InChI=1S/C13H18N2O4/c1-2-8(3-4-16)15-13(17)9-5-11-12(6-10(9)14)19-7-18-11/h5-6,8,16H,2-4,7,14H2,1H3,(H,15,17). The average molecular weight is 266 g/mol. The molecule has 1 aromatic carbocycles. The molecule has 104 valence electrons. The molecule has 4 N–H and O–H groups in total. The van der Waals surface area contributed by atoms with Crippen LogP contribution in [0, 0.1) is 0 Å². The van der Waals surface area contributed by atoms with E-state index in [0.29, 0.717) is 29.2 Å². The summed E-state index contributed by atoms with van der Waals surface area (Å²) in [6.07, 6.45) is 1.27. The van der Waals surface area contributed by atoms with Crippen LogP contribution in [0.1, 0.15) is 30.1 Å². The van der Waals surface area contributed by atoms with Crippen molar-refractivity contribution in [2.75, 3.05) is 19.1 Å². The summed E-state index contributed by atoms with van der Waals surface area (Å²) in [6, 6.07) is 3.10. The Labute approximate surface area is 111 Å². The minimum Gasteiger partial charge on any atom is -0.454 e. The molecule has 1 atom stereocenters. The average Bonchev–Trinajstić information content (AvgIpc) is 2.84. The molecule has 1 aromatic rings. The number of hydrogen-bond donors (Lipinski definition) is 3. The fourth-order valence-electron chi connectivity index (χ4n) is 1.95. The molecule has 19 heavy (non-hydrogen) atoms. The van der Waals surface area contributed by atoms with Gasteiger partial charge < -0.3 is 25.6 Å². The van der Waals surface area contributed by atoms with Gasteiger partial charge in [0, 0.05) is 24.4 Å². The second kappa shape index (κ2) is 5.79. The van der Waals surface area contributed by atoms with Gasteiger partial charge in [0.2, 0.25) is 6.79 Å². The molecule has 0 bridgehead atoms. The van der Waals surface area contributed by atoms with E-state index in [1.54, 1.807) is 12.1 Å². The number of benzene rings is 1. The Morgan fingerprint density at radius 3 is 2.79 bits per heavy atom. The predicted octanol–water partition coefficient (Wildman–Crippen LogP) is 0.888. The first kappa shape index (κ1) is 13.5. The fraction of sp³-hybridized carbons (Fsp3) is 0.462. The van der Waals surface area contributed by atoms with Crippen molar-refractivity contribution in [3.05, 3.63) is 17.7 Å². The number of amides is 1. The summed E-state index contributed by atoms with van der Waals surface area (Å²) < 4.78 is 10.4. The minimum atomic E-state index is -0.267. The van der Waals surface area contributed by atoms with Crippen molar-refractivity contribution in [2.24, 2.45) is 0 Å². The number of nitrogens with two attached hydrogens (primary N) is 1. The highest BCUT2D eigenvalue weighted by Crippen LogP contribution is 2.35. The maximum atomic E-state index is 12.1. The van der Waals surface area contributed by atoms with Crippen molar-refractivity contribution >= 4 is 11.6 Å². The summed E-state index contributed by atoms with van der Waals surface area (Å²) in [5, 5.41) is 11.8. The zero-order valence-corrected chi connectivity index (χ0v) is 10.8. The molecule has 0 saturated heterocycles. The Hall–Kier alpha value is -1.95. The summed E-state index contributed by atoms with van der Waals surface area (Å²) in [5.74, 6) is 0.808. The number of carbonyl (C=O) groups is 1. The number of fused-ring (bicyclic) bond motifs is 1. The van der Waals surface area contributed by atoms with Crippen molar-refractivity contribution in [3.8, 4) is 11.5 Å². The van der Waals surface area contributed by atoms with Crippen LogP contribution in [-0.4, -0.2) is 30.5 Å². The molecule has 2 rings (SSSR count). The number of aliphatic hydroxyl groups is 1. The number of hydrogen-bond acceptors (Lipinski definition) is 5. The molecule has 1 heterocycles. The fourth-order valence-corrected chi connectivity index (χ4v) is 1.95. The van der Waals surface area contributed by atoms with E-state index < -0.39 is 0 Å². The van der Waals surface area contributed by atoms with E-state index in [1.807, 2.05) is 6.92 Å².